The standard InChI is InChI=1S/C26H30N2O4Si/c1-32-25(31)19-15-17-9-10-22-26(12-13-27(22)16-18(11-14-29)33(2,3)4)20-7-5-6-8-21(20)28(23(17)26)24(19)30/h5-11,15,22,29H,12-14,16H2,1-4H3/b18-11-/t22-,26+/m0/s1. The van der Waals surface area contributed by atoms with E-state index in [1.165, 1.54) is 12.3 Å². The Kier molecular flexibility index (Phi) is 5.12. The molecule has 1 spiro atoms. The highest BCUT2D eigenvalue weighted by Crippen LogP contribution is 2.55. The fourth-order valence-electron chi connectivity index (χ4n) is 5.95. The molecule has 0 amide bonds. The molecule has 1 aromatic carbocycles. The lowest BCUT2D eigenvalue weighted by Crippen LogP contribution is -2.46. The molecule has 2 atom stereocenters. The van der Waals surface area contributed by atoms with E-state index in [0.717, 1.165) is 42.0 Å². The molecular formula is C26H30N2O4Si. The summed E-state index contributed by atoms with van der Waals surface area (Å²) in [6.07, 6.45) is 7.16. The largest absolute Gasteiger partial charge is 0.465 e. The van der Waals surface area contributed by atoms with Crippen LogP contribution in [-0.4, -0.2) is 61.5 Å². The van der Waals surface area contributed by atoms with Crippen molar-refractivity contribution in [1.82, 2.24) is 9.47 Å². The second-order valence-corrected chi connectivity index (χ2v) is 15.3. The number of nitrogens with zero attached hydrogens (tertiary/aromatic N) is 2. The highest BCUT2D eigenvalue weighted by Gasteiger charge is 2.57. The van der Waals surface area contributed by atoms with Gasteiger partial charge in [0.25, 0.3) is 5.56 Å². The summed E-state index contributed by atoms with van der Waals surface area (Å²) in [5.74, 6) is -0.609. The number of esters is 1. The van der Waals surface area contributed by atoms with E-state index in [2.05, 4.69) is 42.8 Å². The fraction of sp³-hybridized carbons (Fsp3) is 0.385. The van der Waals surface area contributed by atoms with Gasteiger partial charge in [-0.15, -0.1) is 0 Å². The summed E-state index contributed by atoms with van der Waals surface area (Å²) in [7, 11) is -0.298. The lowest BCUT2D eigenvalue weighted by molar-refractivity contribution is 0.0598. The number of pyridine rings is 1. The van der Waals surface area contributed by atoms with Gasteiger partial charge in [-0.2, -0.15) is 0 Å². The summed E-state index contributed by atoms with van der Waals surface area (Å²) in [6.45, 7) is 8.69. The summed E-state index contributed by atoms with van der Waals surface area (Å²) in [5.41, 5.74) is 3.29. The minimum Gasteiger partial charge on any atom is -0.465 e. The summed E-state index contributed by atoms with van der Waals surface area (Å²) in [5, 5.41) is 11.0. The number of aromatic nitrogens is 1. The molecule has 172 valence electrons. The van der Waals surface area contributed by atoms with E-state index in [1.807, 2.05) is 24.3 Å². The molecule has 0 radical (unpaired) electrons. The molecule has 1 N–H and O–H groups in total. The first-order valence-corrected chi connectivity index (χ1v) is 15.0. The van der Waals surface area contributed by atoms with Crippen molar-refractivity contribution in [2.45, 2.75) is 37.5 Å². The Labute approximate surface area is 194 Å². The highest BCUT2D eigenvalue weighted by atomic mass is 28.3. The molecule has 6 nitrogen and oxygen atoms in total. The van der Waals surface area contributed by atoms with Gasteiger partial charge in [-0.25, -0.2) is 4.79 Å². The van der Waals surface area contributed by atoms with Gasteiger partial charge in [-0.05, 0) is 29.7 Å². The Morgan fingerprint density at radius 2 is 2.06 bits per heavy atom. The summed E-state index contributed by atoms with van der Waals surface area (Å²) < 4.78 is 6.65. The van der Waals surface area contributed by atoms with Gasteiger partial charge in [0.2, 0.25) is 0 Å². The van der Waals surface area contributed by atoms with Crippen LogP contribution < -0.4 is 5.56 Å². The maximum Gasteiger partial charge on any atom is 0.343 e. The Morgan fingerprint density at radius 3 is 2.76 bits per heavy atom. The van der Waals surface area contributed by atoms with E-state index in [4.69, 9.17) is 4.74 Å². The van der Waals surface area contributed by atoms with Crippen molar-refractivity contribution in [3.05, 3.63) is 80.4 Å². The van der Waals surface area contributed by atoms with Crippen LogP contribution in [0.25, 0.3) is 11.8 Å². The maximum atomic E-state index is 13.5. The highest BCUT2D eigenvalue weighted by molar-refractivity contribution is 6.83. The van der Waals surface area contributed by atoms with Crippen LogP contribution in [0.2, 0.25) is 19.6 Å². The third-order valence-corrected chi connectivity index (χ3v) is 9.80. The molecule has 5 rings (SSSR count). The van der Waals surface area contributed by atoms with Crippen molar-refractivity contribution in [2.75, 3.05) is 26.8 Å². The number of methoxy groups -OCH3 is 1. The fourth-order valence-corrected chi connectivity index (χ4v) is 7.33. The zero-order chi connectivity index (χ0) is 23.5. The number of aliphatic hydroxyl groups excluding tert-OH is 1. The molecule has 0 saturated carbocycles. The quantitative estimate of drug-likeness (QED) is 0.546. The van der Waals surface area contributed by atoms with Gasteiger partial charge in [-0.1, -0.05) is 61.3 Å². The van der Waals surface area contributed by atoms with E-state index >= 15 is 0 Å². The number of hydrogen-bond donors (Lipinski definition) is 1. The van der Waals surface area contributed by atoms with Crippen molar-refractivity contribution in [3.63, 3.8) is 0 Å². The minimum absolute atomic E-state index is 0.0562. The van der Waals surface area contributed by atoms with Gasteiger partial charge < -0.3 is 9.84 Å². The van der Waals surface area contributed by atoms with Crippen LogP contribution in [0, 0.1) is 0 Å². The first kappa shape index (κ1) is 22.1. The number of benzene rings is 1. The lowest BCUT2D eigenvalue weighted by Gasteiger charge is -2.39. The van der Waals surface area contributed by atoms with Gasteiger partial charge in [0.05, 0.1) is 32.9 Å². The van der Waals surface area contributed by atoms with Crippen molar-refractivity contribution in [3.8, 4) is 5.69 Å². The molecule has 33 heavy (non-hydrogen) atoms. The van der Waals surface area contributed by atoms with E-state index in [-0.39, 0.29) is 29.2 Å². The van der Waals surface area contributed by atoms with Crippen molar-refractivity contribution in [2.24, 2.45) is 0 Å². The molecule has 3 aliphatic rings. The number of likely N-dealkylation sites (tertiary alicyclic amines) is 1. The third-order valence-electron chi connectivity index (χ3n) is 7.51. The van der Waals surface area contributed by atoms with Crippen LogP contribution in [-0.2, 0) is 10.2 Å². The van der Waals surface area contributed by atoms with Crippen molar-refractivity contribution >= 4 is 20.1 Å². The van der Waals surface area contributed by atoms with Gasteiger partial charge >= 0.3 is 5.97 Å². The molecule has 0 unspecified atom stereocenters. The van der Waals surface area contributed by atoms with Gasteiger partial charge in [0, 0.05) is 24.8 Å². The minimum atomic E-state index is -1.60. The molecule has 0 bridgehead atoms. The molecule has 2 aromatic rings. The molecule has 2 aliphatic heterocycles. The molecule has 1 aliphatic carbocycles. The number of carbonyl (C=O) groups is 1. The zero-order valence-electron chi connectivity index (χ0n) is 19.6. The summed E-state index contributed by atoms with van der Waals surface area (Å²) >= 11 is 0. The topological polar surface area (TPSA) is 71.8 Å². The Morgan fingerprint density at radius 1 is 1.30 bits per heavy atom. The van der Waals surface area contributed by atoms with Crippen LogP contribution in [0.5, 0.6) is 0 Å². The first-order valence-electron chi connectivity index (χ1n) is 11.5. The van der Waals surface area contributed by atoms with Crippen molar-refractivity contribution in [1.29, 1.82) is 0 Å². The van der Waals surface area contributed by atoms with Gasteiger partial charge in [0.1, 0.15) is 5.56 Å². The second kappa shape index (κ2) is 7.65. The van der Waals surface area contributed by atoms with Crippen LogP contribution >= 0.6 is 0 Å². The van der Waals surface area contributed by atoms with Gasteiger partial charge in [0.15, 0.2) is 0 Å². The Balaban J connectivity index is 1.70. The molecular weight excluding hydrogens is 432 g/mol. The first-order chi connectivity index (χ1) is 15.7. The SMILES string of the molecule is COC(=O)c1cc2c3n(c1=O)-c1ccccc1[C@@]31CCN(C/C(=C/CO)[Si](C)(C)C)[C@H]1C=C2. The summed E-state index contributed by atoms with van der Waals surface area (Å²) in [6, 6.07) is 9.87. The zero-order valence-corrected chi connectivity index (χ0v) is 20.6. The Hall–Kier alpha value is -2.74. The predicted molar refractivity (Wildman–Crippen MR) is 132 cm³/mol. The number of carbonyl (C=O) groups excluding carboxylic acids is 1. The van der Waals surface area contributed by atoms with Crippen molar-refractivity contribution < 1.29 is 14.6 Å². The van der Waals surface area contributed by atoms with E-state index in [0.29, 0.717) is 0 Å². The van der Waals surface area contributed by atoms with Crippen LogP contribution in [0.1, 0.15) is 33.6 Å². The second-order valence-electron chi connectivity index (χ2n) is 10.2. The maximum absolute atomic E-state index is 13.5. The van der Waals surface area contributed by atoms with E-state index in [9.17, 15) is 14.7 Å². The Bertz CT molecular complexity index is 1270. The number of para-hydroxylation sites is 1. The molecule has 1 aromatic heterocycles. The van der Waals surface area contributed by atoms with Crippen LogP contribution in [0.4, 0.5) is 0 Å². The average molecular weight is 463 g/mol. The third kappa shape index (κ3) is 3.06. The number of hydrogen-bond acceptors (Lipinski definition) is 5. The van der Waals surface area contributed by atoms with Crippen LogP contribution in [0.3, 0.4) is 0 Å². The predicted octanol–water partition coefficient (Wildman–Crippen LogP) is 3.12. The smallest absolute Gasteiger partial charge is 0.343 e. The number of aliphatic hydroxyl groups is 1. The van der Waals surface area contributed by atoms with E-state index < -0.39 is 14.0 Å². The molecule has 3 heterocycles. The number of rotatable bonds is 5. The number of fused-ring (bicyclic) bond motifs is 2. The van der Waals surface area contributed by atoms with Crippen LogP contribution in [0.15, 0.2) is 52.5 Å². The summed E-state index contributed by atoms with van der Waals surface area (Å²) in [4.78, 5) is 28.4. The normalized spacial score (nSPS) is 23.3. The molecule has 1 fully saturated rings. The van der Waals surface area contributed by atoms with E-state index in [1.54, 1.807) is 10.6 Å². The molecule has 7 heteroatoms. The molecule has 1 saturated heterocycles. The monoisotopic (exact) mass is 462 g/mol. The average Bonchev–Trinajstić information content (AvgIpc) is 3.31. The lowest BCUT2D eigenvalue weighted by atomic mass is 9.69. The van der Waals surface area contributed by atoms with Gasteiger partial charge in [-0.3, -0.25) is 14.3 Å². The number of ether oxygens (including phenoxy) is 1.